The van der Waals surface area contributed by atoms with E-state index in [2.05, 4.69) is 15.0 Å². The number of hydrogen-bond acceptors (Lipinski definition) is 8. The molecule has 0 unspecified atom stereocenters. The maximum absolute atomic E-state index is 14.5. The van der Waals surface area contributed by atoms with Gasteiger partial charge < -0.3 is 18.9 Å². The Morgan fingerprint density at radius 2 is 2.03 bits per heavy atom. The zero-order valence-corrected chi connectivity index (χ0v) is 20.0. The van der Waals surface area contributed by atoms with E-state index in [0.29, 0.717) is 53.9 Å². The summed E-state index contributed by atoms with van der Waals surface area (Å²) in [5.74, 6) is 1.76. The average Bonchev–Trinajstić information content (AvgIpc) is 3.46. The van der Waals surface area contributed by atoms with Crippen LogP contribution in [0.4, 0.5) is 14.8 Å². The molecule has 2 aliphatic heterocycles. The molecule has 2 saturated heterocycles. The molecule has 3 heterocycles. The lowest BCUT2D eigenvalue weighted by atomic mass is 9.91. The van der Waals surface area contributed by atoms with E-state index < -0.39 is 12.0 Å². The fraction of sp³-hybridized carbons (Fsp3) is 0.640. The van der Waals surface area contributed by atoms with Gasteiger partial charge >= 0.3 is 6.01 Å². The monoisotopic (exact) mass is 490 g/mol. The summed E-state index contributed by atoms with van der Waals surface area (Å²) in [5.41, 5.74) is 0.768. The Morgan fingerprint density at radius 1 is 1.23 bits per heavy atom. The quantitative estimate of drug-likeness (QED) is 0.444. The van der Waals surface area contributed by atoms with E-state index >= 15 is 0 Å². The van der Waals surface area contributed by atoms with Crippen LogP contribution in [0.5, 0.6) is 0 Å². The lowest BCUT2D eigenvalue weighted by Gasteiger charge is -2.33. The van der Waals surface area contributed by atoms with Gasteiger partial charge in [0.2, 0.25) is 0 Å². The Kier molecular flexibility index (Phi) is 7.40. The van der Waals surface area contributed by atoms with Gasteiger partial charge in [-0.3, -0.25) is 9.69 Å². The van der Waals surface area contributed by atoms with Crippen molar-refractivity contribution in [2.24, 2.45) is 17.8 Å². The summed E-state index contributed by atoms with van der Waals surface area (Å²) in [6, 6.07) is 5.08. The molecule has 0 N–H and O–H groups in total. The molecule has 0 amide bonds. The molecule has 8 nitrogen and oxygen atoms in total. The molecule has 3 fully saturated rings. The molecule has 1 aliphatic carbocycles. The first-order chi connectivity index (χ1) is 17.0. The molecular formula is C25H32F2N4O4. The zero-order chi connectivity index (χ0) is 24.4. The van der Waals surface area contributed by atoms with E-state index in [1.54, 1.807) is 24.1 Å². The van der Waals surface area contributed by atoms with Crippen LogP contribution in [-0.4, -0.2) is 73.4 Å². The zero-order valence-electron chi connectivity index (χ0n) is 20.0. The van der Waals surface area contributed by atoms with Crippen LogP contribution in [0.1, 0.15) is 41.0 Å². The third-order valence-electron chi connectivity index (χ3n) is 7.37. The van der Waals surface area contributed by atoms with Gasteiger partial charge in [0.15, 0.2) is 11.6 Å². The van der Waals surface area contributed by atoms with Crippen LogP contribution in [0.25, 0.3) is 0 Å². The van der Waals surface area contributed by atoms with E-state index in [0.717, 1.165) is 32.4 Å². The number of anilines is 1. The third kappa shape index (κ3) is 5.87. The van der Waals surface area contributed by atoms with Crippen LogP contribution in [0, 0.1) is 23.6 Å². The van der Waals surface area contributed by atoms with Crippen molar-refractivity contribution in [3.8, 4) is 0 Å². The van der Waals surface area contributed by atoms with Gasteiger partial charge in [0.1, 0.15) is 18.6 Å². The average molecular weight is 491 g/mol. The van der Waals surface area contributed by atoms with E-state index in [4.69, 9.17) is 14.0 Å². The molecule has 2 atom stereocenters. The maximum Gasteiger partial charge on any atom is 0.324 e. The summed E-state index contributed by atoms with van der Waals surface area (Å²) in [5, 5.41) is 3.93. The summed E-state index contributed by atoms with van der Waals surface area (Å²) < 4.78 is 43.6. The summed E-state index contributed by atoms with van der Waals surface area (Å²) in [4.78, 5) is 20.5. The minimum absolute atomic E-state index is 0.126. The van der Waals surface area contributed by atoms with Gasteiger partial charge in [0.25, 0.3) is 0 Å². The van der Waals surface area contributed by atoms with Crippen molar-refractivity contribution in [2.45, 2.75) is 38.6 Å². The Labute approximate surface area is 203 Å². The van der Waals surface area contributed by atoms with Crippen molar-refractivity contribution in [3.63, 3.8) is 0 Å². The highest BCUT2D eigenvalue weighted by atomic mass is 19.1. The highest BCUT2D eigenvalue weighted by molar-refractivity contribution is 5.97. The number of ether oxygens (including phenoxy) is 2. The van der Waals surface area contributed by atoms with Crippen molar-refractivity contribution in [1.29, 1.82) is 0 Å². The highest BCUT2D eigenvalue weighted by Crippen LogP contribution is 2.48. The van der Waals surface area contributed by atoms with Gasteiger partial charge in [0.05, 0.1) is 19.8 Å². The molecule has 190 valence electrons. The highest BCUT2D eigenvalue weighted by Gasteiger charge is 2.44. The number of carbonyl (C=O) groups is 1. The number of aromatic nitrogens is 2. The van der Waals surface area contributed by atoms with Crippen LogP contribution < -0.4 is 4.90 Å². The molecule has 35 heavy (non-hydrogen) atoms. The van der Waals surface area contributed by atoms with Gasteiger partial charge in [-0.1, -0.05) is 17.3 Å². The predicted octanol–water partition coefficient (Wildman–Crippen LogP) is 3.26. The summed E-state index contributed by atoms with van der Waals surface area (Å²) in [7, 11) is 1.60. The van der Waals surface area contributed by atoms with Crippen LogP contribution in [0.2, 0.25) is 0 Å². The Balaban J connectivity index is 1.01. The van der Waals surface area contributed by atoms with E-state index in [1.165, 1.54) is 6.07 Å². The largest absolute Gasteiger partial charge is 0.377 e. The van der Waals surface area contributed by atoms with Crippen molar-refractivity contribution in [3.05, 3.63) is 41.0 Å². The molecule has 5 rings (SSSR count). The number of nitrogens with zero attached hydrogens (tertiary/aromatic N) is 4. The second-order valence-electron chi connectivity index (χ2n) is 9.95. The van der Waals surface area contributed by atoms with Crippen LogP contribution >= 0.6 is 0 Å². The van der Waals surface area contributed by atoms with Gasteiger partial charge in [-0.15, -0.1) is 0 Å². The van der Waals surface area contributed by atoms with Crippen molar-refractivity contribution in [1.82, 2.24) is 15.0 Å². The van der Waals surface area contributed by atoms with Crippen molar-refractivity contribution < 1.29 is 27.6 Å². The fourth-order valence-electron chi connectivity index (χ4n) is 5.21. The topological polar surface area (TPSA) is 80.9 Å². The van der Waals surface area contributed by atoms with E-state index in [-0.39, 0.29) is 32.0 Å². The number of halogens is 2. The number of benzene rings is 1. The van der Waals surface area contributed by atoms with Crippen molar-refractivity contribution in [2.75, 3.05) is 51.3 Å². The molecule has 3 aliphatic rings. The summed E-state index contributed by atoms with van der Waals surface area (Å²) in [6.45, 7) is 3.62. The number of alkyl halides is 1. The lowest BCUT2D eigenvalue weighted by molar-refractivity contribution is 0.0570. The number of piperidine rings is 1. The number of carbonyl (C=O) groups excluding carboxylic acids is 1. The van der Waals surface area contributed by atoms with Crippen molar-refractivity contribution >= 4 is 11.8 Å². The number of Topliss-reactive ketones (excluding diaryl/α,β-unsaturated/α-hetero) is 1. The molecule has 1 aromatic heterocycles. The second-order valence-corrected chi connectivity index (χ2v) is 9.95. The molecule has 1 aromatic carbocycles. The molecular weight excluding hydrogens is 458 g/mol. The lowest BCUT2D eigenvalue weighted by Crippen LogP contribution is -2.50. The standard InChI is InChI=1S/C25H32F2N4O4/c1-33-15-24-28-25(35-29-24)31-6-4-16(5-7-31)21-8-19(21)14-34-13-18-3-2-17(9-22(18)27)23(32)12-30-10-20(26)11-30/h2-3,9,16,19-21H,4-8,10-15H2,1H3/t19-,21+/m0/s1. The number of rotatable bonds is 11. The first-order valence-electron chi connectivity index (χ1n) is 12.3. The first kappa shape index (κ1) is 24.3. The Morgan fingerprint density at radius 3 is 2.74 bits per heavy atom. The van der Waals surface area contributed by atoms with Crippen LogP contribution in [0.15, 0.2) is 22.7 Å². The molecule has 0 radical (unpaired) electrons. The van der Waals surface area contributed by atoms with Gasteiger partial charge in [0, 0.05) is 44.4 Å². The van der Waals surface area contributed by atoms with Crippen LogP contribution in [-0.2, 0) is 22.7 Å². The molecule has 0 spiro atoms. The van der Waals surface area contributed by atoms with Gasteiger partial charge in [-0.25, -0.2) is 8.78 Å². The number of methoxy groups -OCH3 is 1. The predicted molar refractivity (Wildman–Crippen MR) is 123 cm³/mol. The van der Waals surface area contributed by atoms with Gasteiger partial charge in [-0.2, -0.15) is 4.98 Å². The minimum Gasteiger partial charge on any atom is -0.377 e. The Bertz CT molecular complexity index is 1020. The fourth-order valence-corrected chi connectivity index (χ4v) is 5.21. The van der Waals surface area contributed by atoms with Gasteiger partial charge in [-0.05, 0) is 43.1 Å². The molecule has 1 saturated carbocycles. The summed E-state index contributed by atoms with van der Waals surface area (Å²) in [6.07, 6.45) is 2.45. The molecule has 0 bridgehead atoms. The Hall–Kier alpha value is -2.43. The number of likely N-dealkylation sites (tertiary alicyclic amines) is 1. The second kappa shape index (κ2) is 10.7. The molecule has 10 heteroatoms. The van der Waals surface area contributed by atoms with Crippen LogP contribution in [0.3, 0.4) is 0 Å². The maximum atomic E-state index is 14.5. The summed E-state index contributed by atoms with van der Waals surface area (Å²) >= 11 is 0. The number of hydrogen-bond donors (Lipinski definition) is 0. The first-order valence-corrected chi connectivity index (χ1v) is 12.3. The number of ketones is 1. The minimum atomic E-state index is -0.857. The SMILES string of the molecule is COCc1noc(N2CCC([C@H]3C[C@H]3COCc3ccc(C(=O)CN4CC(F)C4)cc3F)CC2)n1. The smallest absolute Gasteiger partial charge is 0.324 e. The normalized spacial score (nSPS) is 23.5. The third-order valence-corrected chi connectivity index (χ3v) is 7.37. The van der Waals surface area contributed by atoms with E-state index in [9.17, 15) is 13.6 Å². The van der Waals surface area contributed by atoms with E-state index in [1.807, 2.05) is 0 Å². The molecule has 2 aromatic rings.